The molecule has 0 saturated heterocycles. The van der Waals surface area contributed by atoms with Crippen molar-refractivity contribution < 1.29 is 17.9 Å². The minimum Gasteiger partial charge on any atom is -0.484 e. The summed E-state index contributed by atoms with van der Waals surface area (Å²) in [5.74, 6) is 0.200. The fourth-order valence-electron chi connectivity index (χ4n) is 2.63. The Bertz CT molecular complexity index is 957. The third-order valence-electron chi connectivity index (χ3n) is 4.39. The molecule has 0 aromatic heterocycles. The second kappa shape index (κ2) is 9.41. The van der Waals surface area contributed by atoms with Crippen LogP contribution in [0.25, 0.3) is 0 Å². The second-order valence-electron chi connectivity index (χ2n) is 6.32. The number of nitrogens with zero attached hydrogens (tertiary/aromatic N) is 1. The van der Waals surface area contributed by atoms with Crippen LogP contribution in [-0.2, 0) is 14.8 Å². The first-order chi connectivity index (χ1) is 13.2. The predicted octanol–water partition coefficient (Wildman–Crippen LogP) is 4.00. The highest BCUT2D eigenvalue weighted by Gasteiger charge is 2.25. The lowest BCUT2D eigenvalue weighted by Crippen LogP contribution is -2.31. The number of carbonyl (C=O) groups is 1. The van der Waals surface area contributed by atoms with E-state index in [-0.39, 0.29) is 16.5 Å². The van der Waals surface area contributed by atoms with Gasteiger partial charge in [-0.2, -0.15) is 4.31 Å². The summed E-state index contributed by atoms with van der Waals surface area (Å²) < 4.78 is 32.3. The minimum atomic E-state index is -3.74. The van der Waals surface area contributed by atoms with E-state index in [9.17, 15) is 13.2 Å². The number of hydrogen-bond acceptors (Lipinski definition) is 4. The number of carbonyl (C=O) groups excluding carboxylic acids is 1. The highest BCUT2D eigenvalue weighted by atomic mass is 35.5. The fraction of sp³-hybridized carbons (Fsp3) is 0.350. The second-order valence-corrected chi connectivity index (χ2v) is 8.63. The Morgan fingerprint density at radius 2 is 1.75 bits per heavy atom. The van der Waals surface area contributed by atoms with Crippen LogP contribution in [0.4, 0.5) is 5.69 Å². The molecule has 2 aromatic rings. The standard InChI is InChI=1S/C20H25ClN2O4S/c1-5-23(6-2)28(25,26)19-12-16(8-10-18(19)21)22-20(24)13-27-17-9-7-14(3)15(4)11-17/h7-12H,5-6,13H2,1-4H3,(H,22,24). The summed E-state index contributed by atoms with van der Waals surface area (Å²) in [5, 5.41) is 2.75. The predicted molar refractivity (Wildman–Crippen MR) is 112 cm³/mol. The van der Waals surface area contributed by atoms with Crippen molar-refractivity contribution >= 4 is 33.2 Å². The Morgan fingerprint density at radius 3 is 2.36 bits per heavy atom. The van der Waals surface area contributed by atoms with Crippen molar-refractivity contribution in [3.8, 4) is 5.75 Å². The zero-order valence-electron chi connectivity index (χ0n) is 16.5. The monoisotopic (exact) mass is 424 g/mol. The van der Waals surface area contributed by atoms with Crippen LogP contribution in [0, 0.1) is 13.8 Å². The Labute approximate surface area is 171 Å². The summed E-state index contributed by atoms with van der Waals surface area (Å²) in [6.07, 6.45) is 0. The van der Waals surface area contributed by atoms with Crippen molar-refractivity contribution in [2.45, 2.75) is 32.6 Å². The first-order valence-electron chi connectivity index (χ1n) is 8.98. The van der Waals surface area contributed by atoms with E-state index in [1.807, 2.05) is 26.0 Å². The molecule has 8 heteroatoms. The Hall–Kier alpha value is -2.09. The smallest absolute Gasteiger partial charge is 0.262 e. The molecule has 0 fully saturated rings. The number of hydrogen-bond donors (Lipinski definition) is 1. The van der Waals surface area contributed by atoms with Crippen LogP contribution in [0.5, 0.6) is 5.75 Å². The molecule has 2 rings (SSSR count). The molecule has 1 N–H and O–H groups in total. The van der Waals surface area contributed by atoms with E-state index in [4.69, 9.17) is 16.3 Å². The van der Waals surface area contributed by atoms with Gasteiger partial charge in [0.15, 0.2) is 6.61 Å². The van der Waals surface area contributed by atoms with Crippen molar-refractivity contribution in [1.82, 2.24) is 4.31 Å². The molecule has 28 heavy (non-hydrogen) atoms. The van der Waals surface area contributed by atoms with Crippen molar-refractivity contribution in [3.63, 3.8) is 0 Å². The lowest BCUT2D eigenvalue weighted by Gasteiger charge is -2.19. The van der Waals surface area contributed by atoms with Gasteiger partial charge in [-0.3, -0.25) is 4.79 Å². The molecule has 152 valence electrons. The maximum absolute atomic E-state index is 12.7. The van der Waals surface area contributed by atoms with Gasteiger partial charge >= 0.3 is 0 Å². The van der Waals surface area contributed by atoms with Gasteiger partial charge in [-0.15, -0.1) is 0 Å². The van der Waals surface area contributed by atoms with Crippen LogP contribution in [0.2, 0.25) is 5.02 Å². The summed E-state index contributed by atoms with van der Waals surface area (Å²) in [5.41, 5.74) is 2.55. The van der Waals surface area contributed by atoms with Crippen LogP contribution >= 0.6 is 11.6 Å². The van der Waals surface area contributed by atoms with Gasteiger partial charge in [-0.25, -0.2) is 8.42 Å². The van der Waals surface area contributed by atoms with Gasteiger partial charge in [-0.1, -0.05) is 31.5 Å². The lowest BCUT2D eigenvalue weighted by molar-refractivity contribution is -0.118. The third-order valence-corrected chi connectivity index (χ3v) is 6.92. The van der Waals surface area contributed by atoms with Crippen LogP contribution in [0.3, 0.4) is 0 Å². The number of rotatable bonds is 8. The van der Waals surface area contributed by atoms with Crippen molar-refractivity contribution in [2.24, 2.45) is 0 Å². The molecule has 0 atom stereocenters. The quantitative estimate of drug-likeness (QED) is 0.694. The van der Waals surface area contributed by atoms with E-state index in [0.29, 0.717) is 24.5 Å². The summed E-state index contributed by atoms with van der Waals surface area (Å²) in [7, 11) is -3.74. The summed E-state index contributed by atoms with van der Waals surface area (Å²) in [6.45, 7) is 7.94. The molecular weight excluding hydrogens is 400 g/mol. The van der Waals surface area contributed by atoms with Gasteiger partial charge in [0, 0.05) is 18.8 Å². The van der Waals surface area contributed by atoms with Gasteiger partial charge in [0.2, 0.25) is 10.0 Å². The number of aryl methyl sites for hydroxylation is 2. The van der Waals surface area contributed by atoms with E-state index >= 15 is 0 Å². The molecule has 0 aliphatic heterocycles. The highest BCUT2D eigenvalue weighted by molar-refractivity contribution is 7.89. The van der Waals surface area contributed by atoms with Crippen LogP contribution in [-0.4, -0.2) is 38.3 Å². The molecule has 0 heterocycles. The van der Waals surface area contributed by atoms with Crippen LogP contribution in [0.1, 0.15) is 25.0 Å². The Balaban J connectivity index is 2.11. The fourth-order valence-corrected chi connectivity index (χ4v) is 4.59. The minimum absolute atomic E-state index is 0.0363. The Morgan fingerprint density at radius 1 is 1.07 bits per heavy atom. The van der Waals surface area contributed by atoms with Crippen LogP contribution < -0.4 is 10.1 Å². The topological polar surface area (TPSA) is 75.7 Å². The average Bonchev–Trinajstić information content (AvgIpc) is 2.65. The van der Waals surface area contributed by atoms with E-state index in [1.165, 1.54) is 16.4 Å². The molecule has 6 nitrogen and oxygen atoms in total. The molecule has 0 radical (unpaired) electrons. The number of nitrogens with one attached hydrogen (secondary N) is 1. The zero-order chi connectivity index (χ0) is 20.9. The normalized spacial score (nSPS) is 11.5. The molecule has 0 spiro atoms. The molecule has 0 saturated carbocycles. The largest absolute Gasteiger partial charge is 0.484 e. The van der Waals surface area contributed by atoms with E-state index in [2.05, 4.69) is 5.32 Å². The summed E-state index contributed by atoms with van der Waals surface area (Å²) >= 11 is 6.10. The van der Waals surface area contributed by atoms with Crippen molar-refractivity contribution in [3.05, 3.63) is 52.5 Å². The zero-order valence-corrected chi connectivity index (χ0v) is 18.0. The van der Waals surface area contributed by atoms with Gasteiger partial charge in [0.25, 0.3) is 5.91 Å². The highest BCUT2D eigenvalue weighted by Crippen LogP contribution is 2.27. The number of ether oxygens (including phenoxy) is 1. The number of halogens is 1. The van der Waals surface area contributed by atoms with E-state index in [1.54, 1.807) is 26.0 Å². The molecule has 2 aromatic carbocycles. The molecule has 1 amide bonds. The first kappa shape index (κ1) is 22.2. The number of anilines is 1. The maximum atomic E-state index is 12.7. The van der Waals surface area contributed by atoms with Gasteiger partial charge < -0.3 is 10.1 Å². The number of sulfonamides is 1. The summed E-state index contributed by atoms with van der Waals surface area (Å²) in [4.78, 5) is 12.2. The number of benzene rings is 2. The number of amides is 1. The van der Waals surface area contributed by atoms with Crippen molar-refractivity contribution in [2.75, 3.05) is 25.0 Å². The third kappa shape index (κ3) is 5.25. The average molecular weight is 425 g/mol. The first-order valence-corrected chi connectivity index (χ1v) is 10.8. The Kier molecular flexibility index (Phi) is 7.46. The summed E-state index contributed by atoms with van der Waals surface area (Å²) in [6, 6.07) is 9.96. The SMILES string of the molecule is CCN(CC)S(=O)(=O)c1cc(NC(=O)COc2ccc(C)c(C)c2)ccc1Cl. The van der Waals surface area contributed by atoms with Gasteiger partial charge in [0.1, 0.15) is 10.6 Å². The molecule has 0 unspecified atom stereocenters. The van der Waals surface area contributed by atoms with E-state index in [0.717, 1.165) is 11.1 Å². The molecular formula is C20H25ClN2O4S. The molecule has 0 bridgehead atoms. The van der Waals surface area contributed by atoms with E-state index < -0.39 is 15.9 Å². The van der Waals surface area contributed by atoms with Gasteiger partial charge in [-0.05, 0) is 55.3 Å². The lowest BCUT2D eigenvalue weighted by atomic mass is 10.1. The molecule has 0 aliphatic carbocycles. The van der Waals surface area contributed by atoms with Gasteiger partial charge in [0.05, 0.1) is 5.02 Å². The maximum Gasteiger partial charge on any atom is 0.262 e. The molecule has 0 aliphatic rings. The van der Waals surface area contributed by atoms with Crippen molar-refractivity contribution in [1.29, 1.82) is 0 Å². The van der Waals surface area contributed by atoms with Crippen LogP contribution in [0.15, 0.2) is 41.3 Å².